The van der Waals surface area contributed by atoms with Crippen molar-refractivity contribution in [3.63, 3.8) is 0 Å². The summed E-state index contributed by atoms with van der Waals surface area (Å²) in [5, 5.41) is 3.69. The average molecular weight is 489 g/mol. The first-order valence-electron chi connectivity index (χ1n) is 9.97. The van der Waals surface area contributed by atoms with E-state index in [0.717, 1.165) is 39.8 Å². The quantitative estimate of drug-likeness (QED) is 0.180. The number of likely N-dealkylation sites (tertiary alicyclic amines) is 1. The standard InChI is InChI=1S/C22H25BrN4O2S/c1-30-21-14-17(23)10-11-19(21)20-9-5-8-18(12-13-25-26-24)27(20)22(28)29-15-16-6-3-2-4-7-16/h2-4,6-7,10-11,14,18,20H,5,8-9,12-13,15H2,1H3/t18-,20-/m0/s1. The van der Waals surface area contributed by atoms with E-state index in [1.165, 1.54) is 0 Å². The molecule has 0 spiro atoms. The van der Waals surface area contributed by atoms with Crippen molar-refractivity contribution >= 4 is 33.8 Å². The van der Waals surface area contributed by atoms with Crippen LogP contribution in [-0.2, 0) is 11.3 Å². The van der Waals surface area contributed by atoms with E-state index in [1.54, 1.807) is 11.8 Å². The lowest BCUT2D eigenvalue weighted by molar-refractivity contribution is 0.0386. The maximum absolute atomic E-state index is 13.2. The first-order chi connectivity index (χ1) is 14.6. The summed E-state index contributed by atoms with van der Waals surface area (Å²) in [6.07, 6.45) is 5.14. The van der Waals surface area contributed by atoms with E-state index in [-0.39, 0.29) is 24.8 Å². The monoisotopic (exact) mass is 488 g/mol. The van der Waals surface area contributed by atoms with Crippen LogP contribution in [0.25, 0.3) is 10.4 Å². The largest absolute Gasteiger partial charge is 0.445 e. The molecular formula is C22H25BrN4O2S. The molecule has 1 aliphatic rings. The van der Waals surface area contributed by atoms with Crippen LogP contribution in [-0.4, -0.2) is 29.8 Å². The molecule has 8 heteroatoms. The summed E-state index contributed by atoms with van der Waals surface area (Å²) in [4.78, 5) is 19.1. The highest BCUT2D eigenvalue weighted by molar-refractivity contribution is 9.10. The Morgan fingerprint density at radius 3 is 2.83 bits per heavy atom. The minimum Gasteiger partial charge on any atom is -0.445 e. The van der Waals surface area contributed by atoms with Crippen molar-refractivity contribution in [1.29, 1.82) is 0 Å². The van der Waals surface area contributed by atoms with E-state index >= 15 is 0 Å². The lowest BCUT2D eigenvalue weighted by Crippen LogP contribution is -2.46. The van der Waals surface area contributed by atoms with Gasteiger partial charge in [0.05, 0.1) is 6.04 Å². The Morgan fingerprint density at radius 2 is 2.10 bits per heavy atom. The van der Waals surface area contributed by atoms with Gasteiger partial charge in [-0.05, 0) is 60.7 Å². The number of halogens is 1. The SMILES string of the molecule is CSc1cc(Br)ccc1[C@@H]1CCC[C@@H](CCN=[N+]=[N-])N1C(=O)OCc1ccccc1. The molecule has 0 unspecified atom stereocenters. The number of carbonyl (C=O) groups excluding carboxylic acids is 1. The number of rotatable bonds is 7. The molecule has 1 heterocycles. The van der Waals surface area contributed by atoms with Gasteiger partial charge in [-0.15, -0.1) is 11.8 Å². The molecule has 158 valence electrons. The van der Waals surface area contributed by atoms with Gasteiger partial charge in [-0.2, -0.15) is 0 Å². The zero-order valence-corrected chi connectivity index (χ0v) is 19.3. The number of benzene rings is 2. The van der Waals surface area contributed by atoms with E-state index < -0.39 is 0 Å². The predicted molar refractivity (Wildman–Crippen MR) is 123 cm³/mol. The van der Waals surface area contributed by atoms with Crippen LogP contribution in [0.15, 0.2) is 63.0 Å². The molecule has 0 aliphatic carbocycles. The van der Waals surface area contributed by atoms with Gasteiger partial charge in [-0.1, -0.05) is 57.4 Å². The number of thioether (sulfide) groups is 1. The molecular weight excluding hydrogens is 464 g/mol. The van der Waals surface area contributed by atoms with Crippen molar-refractivity contribution in [2.75, 3.05) is 12.8 Å². The van der Waals surface area contributed by atoms with Gasteiger partial charge in [0.15, 0.2) is 0 Å². The Morgan fingerprint density at radius 1 is 1.30 bits per heavy atom. The van der Waals surface area contributed by atoms with Crippen LogP contribution in [0.4, 0.5) is 4.79 Å². The summed E-state index contributed by atoms with van der Waals surface area (Å²) in [7, 11) is 0. The number of hydrogen-bond acceptors (Lipinski definition) is 4. The summed E-state index contributed by atoms with van der Waals surface area (Å²) < 4.78 is 6.74. The number of carbonyl (C=O) groups is 1. The third-order valence-electron chi connectivity index (χ3n) is 5.34. The van der Waals surface area contributed by atoms with Crippen LogP contribution in [0.1, 0.15) is 42.9 Å². The Kier molecular flexibility index (Phi) is 8.49. The Hall–Kier alpha value is -2.15. The Bertz CT molecular complexity index is 905. The lowest BCUT2D eigenvalue weighted by Gasteiger charge is -2.42. The second kappa shape index (κ2) is 11.3. The zero-order valence-electron chi connectivity index (χ0n) is 16.9. The van der Waals surface area contributed by atoms with Crippen molar-refractivity contribution in [2.24, 2.45) is 5.11 Å². The van der Waals surface area contributed by atoms with Gasteiger partial charge in [-0.25, -0.2) is 4.79 Å². The second-order valence-electron chi connectivity index (χ2n) is 7.18. The molecule has 3 rings (SSSR count). The number of hydrogen-bond donors (Lipinski definition) is 0. The molecule has 1 aliphatic heterocycles. The van der Waals surface area contributed by atoms with Crippen molar-refractivity contribution in [2.45, 2.75) is 49.3 Å². The fraction of sp³-hybridized carbons (Fsp3) is 0.409. The second-order valence-corrected chi connectivity index (χ2v) is 8.94. The zero-order chi connectivity index (χ0) is 21.3. The molecule has 0 aromatic heterocycles. The van der Waals surface area contributed by atoms with Crippen LogP contribution >= 0.6 is 27.7 Å². The maximum Gasteiger partial charge on any atom is 0.410 e. The van der Waals surface area contributed by atoms with E-state index in [0.29, 0.717) is 13.0 Å². The fourth-order valence-corrected chi connectivity index (χ4v) is 5.15. The van der Waals surface area contributed by atoms with Gasteiger partial charge >= 0.3 is 6.09 Å². The Balaban J connectivity index is 1.86. The molecule has 30 heavy (non-hydrogen) atoms. The Labute approximate surface area is 189 Å². The third-order valence-corrected chi connectivity index (χ3v) is 6.63. The summed E-state index contributed by atoms with van der Waals surface area (Å²) in [5.74, 6) is 0. The van der Waals surface area contributed by atoms with Gasteiger partial charge in [0.25, 0.3) is 0 Å². The molecule has 1 saturated heterocycles. The number of azide groups is 1. The highest BCUT2D eigenvalue weighted by Gasteiger charge is 2.36. The molecule has 0 N–H and O–H groups in total. The van der Waals surface area contributed by atoms with Crippen LogP contribution in [0.2, 0.25) is 0 Å². The summed E-state index contributed by atoms with van der Waals surface area (Å²) in [6.45, 7) is 0.605. The van der Waals surface area contributed by atoms with Crippen molar-refractivity contribution in [3.05, 3.63) is 74.6 Å². The van der Waals surface area contributed by atoms with Crippen LogP contribution in [0, 0.1) is 0 Å². The number of nitrogens with zero attached hydrogens (tertiary/aromatic N) is 4. The first-order valence-corrected chi connectivity index (χ1v) is 12.0. The summed E-state index contributed by atoms with van der Waals surface area (Å²) >= 11 is 5.22. The maximum atomic E-state index is 13.2. The molecule has 2 aromatic rings. The van der Waals surface area contributed by atoms with Crippen molar-refractivity contribution < 1.29 is 9.53 Å². The number of ether oxygens (including phenoxy) is 1. The van der Waals surface area contributed by atoms with E-state index in [9.17, 15) is 4.79 Å². The highest BCUT2D eigenvalue weighted by atomic mass is 79.9. The fourth-order valence-electron chi connectivity index (χ4n) is 3.95. The lowest BCUT2D eigenvalue weighted by atomic mass is 9.90. The third kappa shape index (κ3) is 5.72. The molecule has 0 radical (unpaired) electrons. The van der Waals surface area contributed by atoms with E-state index in [2.05, 4.69) is 38.1 Å². The normalized spacial score (nSPS) is 18.5. The van der Waals surface area contributed by atoms with Gasteiger partial charge in [-0.3, -0.25) is 4.90 Å². The minimum absolute atomic E-state index is 0.0177. The van der Waals surface area contributed by atoms with Crippen LogP contribution in [0.3, 0.4) is 0 Å². The molecule has 0 bridgehead atoms. The molecule has 2 atom stereocenters. The number of piperidine rings is 1. The van der Waals surface area contributed by atoms with Gasteiger partial charge in [0, 0.05) is 26.9 Å². The molecule has 0 saturated carbocycles. The van der Waals surface area contributed by atoms with E-state index in [4.69, 9.17) is 10.3 Å². The molecule has 6 nitrogen and oxygen atoms in total. The highest BCUT2D eigenvalue weighted by Crippen LogP contribution is 2.40. The average Bonchev–Trinajstić information content (AvgIpc) is 2.78. The van der Waals surface area contributed by atoms with Crippen molar-refractivity contribution in [3.8, 4) is 0 Å². The topological polar surface area (TPSA) is 78.3 Å². The summed E-state index contributed by atoms with van der Waals surface area (Å²) in [6, 6.07) is 15.8. The van der Waals surface area contributed by atoms with Gasteiger partial charge < -0.3 is 4.74 Å². The smallest absolute Gasteiger partial charge is 0.410 e. The first kappa shape index (κ1) is 22.5. The molecule has 1 fully saturated rings. The minimum atomic E-state index is -0.315. The molecule has 1 amide bonds. The van der Waals surface area contributed by atoms with Gasteiger partial charge in [0.1, 0.15) is 6.61 Å². The molecule has 2 aromatic carbocycles. The summed E-state index contributed by atoms with van der Waals surface area (Å²) in [5.41, 5.74) is 10.7. The number of amides is 1. The van der Waals surface area contributed by atoms with Crippen LogP contribution in [0.5, 0.6) is 0 Å². The van der Waals surface area contributed by atoms with Crippen LogP contribution < -0.4 is 0 Å². The van der Waals surface area contributed by atoms with Gasteiger partial charge in [0.2, 0.25) is 0 Å². The van der Waals surface area contributed by atoms with Crippen molar-refractivity contribution in [1.82, 2.24) is 4.90 Å². The predicted octanol–water partition coefficient (Wildman–Crippen LogP) is 7.10. The van der Waals surface area contributed by atoms with E-state index in [1.807, 2.05) is 47.6 Å².